The molecule has 6 nitrogen and oxygen atoms in total. The third-order valence-electron chi connectivity index (χ3n) is 4.65. The van der Waals surface area contributed by atoms with Crippen molar-refractivity contribution in [2.45, 2.75) is 12.0 Å². The summed E-state index contributed by atoms with van der Waals surface area (Å²) in [4.78, 5) is 24.9. The lowest BCUT2D eigenvalue weighted by molar-refractivity contribution is -0.139. The van der Waals surface area contributed by atoms with Crippen LogP contribution in [0.2, 0.25) is 0 Å². The molecular formula is C23H21NO5. The van der Waals surface area contributed by atoms with E-state index in [2.05, 4.69) is 5.32 Å². The predicted molar refractivity (Wildman–Crippen MR) is 108 cm³/mol. The van der Waals surface area contributed by atoms with Gasteiger partial charge in [0.1, 0.15) is 17.5 Å². The normalized spacial score (nSPS) is 12.6. The zero-order chi connectivity index (χ0) is 20.8. The van der Waals surface area contributed by atoms with Gasteiger partial charge in [-0.2, -0.15) is 0 Å². The van der Waals surface area contributed by atoms with E-state index in [-0.39, 0.29) is 5.75 Å². The van der Waals surface area contributed by atoms with Gasteiger partial charge in [-0.3, -0.25) is 4.79 Å². The number of nitrogens with one attached hydrogen (secondary N) is 1. The van der Waals surface area contributed by atoms with Gasteiger partial charge in [0.25, 0.3) is 5.91 Å². The molecule has 2 atom stereocenters. The van der Waals surface area contributed by atoms with Crippen LogP contribution in [0.1, 0.15) is 27.4 Å². The highest BCUT2D eigenvalue weighted by atomic mass is 16.5. The smallest absolute Gasteiger partial charge is 0.327 e. The van der Waals surface area contributed by atoms with Crippen LogP contribution in [0.5, 0.6) is 11.5 Å². The van der Waals surface area contributed by atoms with Gasteiger partial charge in [-0.15, -0.1) is 0 Å². The lowest BCUT2D eigenvalue weighted by atomic mass is 9.84. The fraction of sp³-hybridized carbons (Fsp3) is 0.130. The number of carboxylic acid groups (broad SMARTS) is 1. The average molecular weight is 391 g/mol. The Morgan fingerprint density at radius 1 is 0.931 bits per heavy atom. The van der Waals surface area contributed by atoms with Gasteiger partial charge >= 0.3 is 5.97 Å². The van der Waals surface area contributed by atoms with Crippen molar-refractivity contribution in [3.63, 3.8) is 0 Å². The Kier molecular flexibility index (Phi) is 6.14. The third kappa shape index (κ3) is 4.55. The third-order valence-corrected chi connectivity index (χ3v) is 4.65. The number of aliphatic carboxylic acids is 1. The number of phenols is 1. The van der Waals surface area contributed by atoms with Crippen molar-refractivity contribution in [2.24, 2.45) is 0 Å². The first-order chi connectivity index (χ1) is 14.0. The van der Waals surface area contributed by atoms with E-state index in [1.807, 2.05) is 6.07 Å². The monoisotopic (exact) mass is 391 g/mol. The van der Waals surface area contributed by atoms with Gasteiger partial charge in [0, 0.05) is 17.0 Å². The molecule has 0 radical (unpaired) electrons. The first kappa shape index (κ1) is 19.9. The van der Waals surface area contributed by atoms with Gasteiger partial charge in [-0.25, -0.2) is 4.79 Å². The summed E-state index contributed by atoms with van der Waals surface area (Å²) in [6, 6.07) is 20.6. The van der Waals surface area contributed by atoms with Crippen LogP contribution in [0.15, 0.2) is 78.9 Å². The SMILES string of the molecule is COc1ccc(O)c([C@@H](c2ccccc2)[C@@H](NC(=O)c2ccccc2)C(=O)O)c1. The number of hydrogen-bond acceptors (Lipinski definition) is 4. The Labute approximate surface area is 168 Å². The van der Waals surface area contributed by atoms with Gasteiger partial charge in [0.05, 0.1) is 7.11 Å². The Balaban J connectivity index is 2.08. The molecule has 0 fully saturated rings. The summed E-state index contributed by atoms with van der Waals surface area (Å²) >= 11 is 0. The van der Waals surface area contributed by atoms with Crippen molar-refractivity contribution in [1.82, 2.24) is 5.32 Å². The molecule has 29 heavy (non-hydrogen) atoms. The number of carboxylic acids is 1. The molecule has 3 aromatic rings. The maximum atomic E-state index is 12.7. The number of benzene rings is 3. The van der Waals surface area contributed by atoms with Crippen LogP contribution in [-0.2, 0) is 4.79 Å². The second kappa shape index (κ2) is 8.93. The number of carbonyl (C=O) groups excluding carboxylic acids is 1. The summed E-state index contributed by atoms with van der Waals surface area (Å²) in [7, 11) is 1.49. The Bertz CT molecular complexity index is 989. The molecule has 6 heteroatoms. The van der Waals surface area contributed by atoms with Crippen LogP contribution < -0.4 is 10.1 Å². The summed E-state index contributed by atoms with van der Waals surface area (Å²) in [5.41, 5.74) is 1.33. The number of phenolic OH excluding ortho intramolecular Hbond substituents is 1. The van der Waals surface area contributed by atoms with E-state index in [0.717, 1.165) is 0 Å². The maximum Gasteiger partial charge on any atom is 0.327 e. The van der Waals surface area contributed by atoms with Gasteiger partial charge in [0.15, 0.2) is 0 Å². The molecule has 0 spiro atoms. The van der Waals surface area contributed by atoms with E-state index >= 15 is 0 Å². The zero-order valence-corrected chi connectivity index (χ0v) is 15.8. The van der Waals surface area contributed by atoms with Gasteiger partial charge in [-0.05, 0) is 35.9 Å². The summed E-state index contributed by atoms with van der Waals surface area (Å²) in [5, 5.41) is 23.0. The number of aromatic hydroxyl groups is 1. The fourth-order valence-electron chi connectivity index (χ4n) is 3.22. The number of rotatable bonds is 7. The minimum absolute atomic E-state index is 0.0835. The number of hydrogen-bond donors (Lipinski definition) is 3. The topological polar surface area (TPSA) is 95.9 Å². The van der Waals surface area contributed by atoms with Gasteiger partial charge in [0.2, 0.25) is 0 Å². The molecule has 3 rings (SSSR count). The molecule has 0 aliphatic rings. The maximum absolute atomic E-state index is 12.7. The molecule has 0 saturated carbocycles. The van der Waals surface area contributed by atoms with Crippen molar-refractivity contribution in [1.29, 1.82) is 0 Å². The van der Waals surface area contributed by atoms with Gasteiger partial charge in [-0.1, -0.05) is 48.5 Å². The number of amides is 1. The second-order valence-corrected chi connectivity index (χ2v) is 6.47. The Morgan fingerprint density at radius 2 is 1.55 bits per heavy atom. The fourth-order valence-corrected chi connectivity index (χ4v) is 3.22. The highest BCUT2D eigenvalue weighted by Crippen LogP contribution is 2.36. The highest BCUT2D eigenvalue weighted by Gasteiger charge is 2.34. The average Bonchev–Trinajstić information content (AvgIpc) is 2.75. The Hall–Kier alpha value is -3.80. The number of methoxy groups -OCH3 is 1. The van der Waals surface area contributed by atoms with Crippen molar-refractivity contribution < 1.29 is 24.5 Å². The first-order valence-corrected chi connectivity index (χ1v) is 9.02. The van der Waals surface area contributed by atoms with Crippen molar-refractivity contribution in [3.05, 3.63) is 95.6 Å². The van der Waals surface area contributed by atoms with Crippen molar-refractivity contribution in [3.8, 4) is 11.5 Å². The molecule has 3 N–H and O–H groups in total. The van der Waals surface area contributed by atoms with E-state index in [0.29, 0.717) is 22.4 Å². The summed E-state index contributed by atoms with van der Waals surface area (Å²) in [6.45, 7) is 0. The van der Waals surface area contributed by atoms with Crippen molar-refractivity contribution >= 4 is 11.9 Å². The molecule has 148 valence electrons. The molecule has 1 amide bonds. The molecule has 0 unspecified atom stereocenters. The van der Waals surface area contributed by atoms with Crippen LogP contribution in [0.25, 0.3) is 0 Å². The van der Waals surface area contributed by atoms with Gasteiger partial charge < -0.3 is 20.3 Å². The van der Waals surface area contributed by atoms with Crippen LogP contribution in [-0.4, -0.2) is 35.2 Å². The van der Waals surface area contributed by atoms with E-state index in [1.54, 1.807) is 66.7 Å². The molecule has 0 aliphatic carbocycles. The quantitative estimate of drug-likeness (QED) is 0.574. The van der Waals surface area contributed by atoms with Crippen molar-refractivity contribution in [2.75, 3.05) is 7.11 Å². The summed E-state index contributed by atoms with van der Waals surface area (Å²) in [5.74, 6) is -2.18. The molecule has 0 heterocycles. The number of ether oxygens (including phenoxy) is 1. The highest BCUT2D eigenvalue weighted by molar-refractivity contribution is 5.97. The predicted octanol–water partition coefficient (Wildman–Crippen LogP) is 3.42. The van der Waals surface area contributed by atoms with Crippen LogP contribution >= 0.6 is 0 Å². The van der Waals surface area contributed by atoms with Crippen LogP contribution in [0.4, 0.5) is 0 Å². The minimum atomic E-state index is -1.32. The lowest BCUT2D eigenvalue weighted by Crippen LogP contribution is -2.45. The largest absolute Gasteiger partial charge is 0.508 e. The minimum Gasteiger partial charge on any atom is -0.508 e. The molecule has 0 aliphatic heterocycles. The van der Waals surface area contributed by atoms with E-state index < -0.39 is 23.8 Å². The second-order valence-electron chi connectivity index (χ2n) is 6.47. The number of carbonyl (C=O) groups is 2. The molecule has 0 aromatic heterocycles. The zero-order valence-electron chi connectivity index (χ0n) is 15.8. The Morgan fingerprint density at radius 3 is 2.14 bits per heavy atom. The summed E-state index contributed by atoms with van der Waals surface area (Å²) < 4.78 is 5.24. The van der Waals surface area contributed by atoms with E-state index in [1.165, 1.54) is 13.2 Å². The summed E-state index contributed by atoms with van der Waals surface area (Å²) in [6.07, 6.45) is 0. The first-order valence-electron chi connectivity index (χ1n) is 9.02. The molecule has 3 aromatic carbocycles. The standard InChI is InChI=1S/C23H21NO5/c1-29-17-12-13-19(25)18(14-17)20(15-8-4-2-5-9-15)21(23(27)28)24-22(26)16-10-6-3-7-11-16/h2-14,20-21,25H,1H3,(H,24,26)(H,27,28)/t20-,21-/m1/s1. The molecule has 0 bridgehead atoms. The lowest BCUT2D eigenvalue weighted by Gasteiger charge is -2.27. The van der Waals surface area contributed by atoms with Crippen LogP contribution in [0, 0.1) is 0 Å². The molecular weight excluding hydrogens is 370 g/mol. The molecule has 0 saturated heterocycles. The van der Waals surface area contributed by atoms with E-state index in [9.17, 15) is 19.8 Å². The van der Waals surface area contributed by atoms with E-state index in [4.69, 9.17) is 4.74 Å². The van der Waals surface area contributed by atoms with Crippen LogP contribution in [0.3, 0.4) is 0 Å².